The molecule has 0 saturated carbocycles. The number of hydrogen-bond donors (Lipinski definition) is 3. The van der Waals surface area contributed by atoms with Crippen molar-refractivity contribution in [2.75, 3.05) is 41.9 Å². The third-order valence-corrected chi connectivity index (χ3v) is 5.55. The first-order valence-corrected chi connectivity index (χ1v) is 11.1. The summed E-state index contributed by atoms with van der Waals surface area (Å²) in [7, 11) is 0. The second-order valence-corrected chi connectivity index (χ2v) is 8.04. The Hall–Kier alpha value is -3.95. The van der Waals surface area contributed by atoms with Crippen LogP contribution in [0.5, 0.6) is 5.75 Å². The maximum atomic E-state index is 9.99. The van der Waals surface area contributed by atoms with Crippen LogP contribution in [0.4, 0.5) is 23.5 Å². The van der Waals surface area contributed by atoms with Crippen molar-refractivity contribution < 1.29 is 9.84 Å². The number of fused-ring (bicyclic) bond motifs is 1. The average Bonchev–Trinajstić information content (AvgIpc) is 2.87. The van der Waals surface area contributed by atoms with E-state index < -0.39 is 0 Å². The van der Waals surface area contributed by atoms with Crippen molar-refractivity contribution in [3.63, 3.8) is 0 Å². The van der Waals surface area contributed by atoms with E-state index in [2.05, 4.69) is 42.9 Å². The van der Waals surface area contributed by atoms with Gasteiger partial charge in [0.15, 0.2) is 0 Å². The Kier molecular flexibility index (Phi) is 6.37. The van der Waals surface area contributed by atoms with Crippen LogP contribution in [-0.2, 0) is 4.74 Å². The van der Waals surface area contributed by atoms with E-state index in [1.54, 1.807) is 12.1 Å². The molecule has 0 atom stereocenters. The molecule has 0 unspecified atom stereocenters. The van der Waals surface area contributed by atoms with Crippen molar-refractivity contribution in [1.29, 1.82) is 0 Å². The summed E-state index contributed by atoms with van der Waals surface area (Å²) in [5.41, 5.74) is 4.19. The fraction of sp³-hybridized carbons (Fsp3) is 0.167. The molecule has 2 heterocycles. The molecule has 1 aliphatic heterocycles. The Bertz CT molecular complexity index is 1340. The highest BCUT2D eigenvalue weighted by Gasteiger charge is 2.17. The summed E-state index contributed by atoms with van der Waals surface area (Å²) in [5, 5.41) is 20.2. The third-order valence-electron chi connectivity index (χ3n) is 5.31. The normalized spacial score (nSPS) is 14.0. The van der Waals surface area contributed by atoms with Crippen LogP contribution in [0.2, 0.25) is 5.02 Å². The molecule has 5 rings (SSSR count). The van der Waals surface area contributed by atoms with E-state index in [1.165, 1.54) is 12.3 Å². The molecule has 172 valence electrons. The predicted octanol–water partition coefficient (Wildman–Crippen LogP) is 4.41. The zero-order valence-electron chi connectivity index (χ0n) is 18.1. The number of benzene rings is 3. The summed E-state index contributed by atoms with van der Waals surface area (Å²) in [6.07, 6.45) is 1.46. The molecule has 1 aliphatic rings. The molecule has 1 aromatic heterocycles. The number of rotatable bonds is 6. The Balaban J connectivity index is 1.45. The van der Waals surface area contributed by atoms with Crippen molar-refractivity contribution in [3.8, 4) is 5.75 Å². The van der Waals surface area contributed by atoms with E-state index in [-0.39, 0.29) is 11.7 Å². The number of anilines is 4. The van der Waals surface area contributed by atoms with Crippen LogP contribution in [0, 0.1) is 0 Å². The molecule has 9 nitrogen and oxygen atoms in total. The van der Waals surface area contributed by atoms with Crippen LogP contribution in [0.3, 0.4) is 0 Å². The second kappa shape index (κ2) is 9.90. The maximum Gasteiger partial charge on any atom is 0.250 e. The van der Waals surface area contributed by atoms with Crippen LogP contribution in [0.15, 0.2) is 65.8 Å². The van der Waals surface area contributed by atoms with Crippen molar-refractivity contribution in [2.24, 2.45) is 5.10 Å². The molecule has 3 aromatic carbocycles. The summed E-state index contributed by atoms with van der Waals surface area (Å²) in [6.45, 7) is 2.56. The zero-order valence-corrected chi connectivity index (χ0v) is 18.9. The number of hydrogen-bond acceptors (Lipinski definition) is 9. The number of phenols is 1. The number of phenolic OH excluding ortho intramolecular Hbond substituents is 1. The van der Waals surface area contributed by atoms with Crippen molar-refractivity contribution in [1.82, 2.24) is 15.0 Å². The van der Waals surface area contributed by atoms with Gasteiger partial charge in [0.05, 0.1) is 19.4 Å². The number of ether oxygens (including phenoxy) is 1. The molecule has 3 N–H and O–H groups in total. The number of morpholine rings is 1. The number of halogens is 1. The van der Waals surface area contributed by atoms with Crippen molar-refractivity contribution in [2.45, 2.75) is 0 Å². The van der Waals surface area contributed by atoms with E-state index in [0.29, 0.717) is 48.8 Å². The lowest BCUT2D eigenvalue weighted by Gasteiger charge is -2.27. The first-order chi connectivity index (χ1) is 16.7. The molecule has 0 spiro atoms. The van der Waals surface area contributed by atoms with Gasteiger partial charge in [-0.3, -0.25) is 0 Å². The fourth-order valence-electron chi connectivity index (χ4n) is 3.62. The van der Waals surface area contributed by atoms with Gasteiger partial charge in [-0.05, 0) is 29.7 Å². The monoisotopic (exact) mass is 475 g/mol. The smallest absolute Gasteiger partial charge is 0.250 e. The minimum Gasteiger partial charge on any atom is -0.507 e. The lowest BCUT2D eigenvalue weighted by Crippen LogP contribution is -2.37. The van der Waals surface area contributed by atoms with Gasteiger partial charge in [0, 0.05) is 34.7 Å². The standard InChI is InChI=1S/C24H22ClN7O2/c25-18-8-9-21(33)17(14-18)15-26-31-23-28-22(29-24(30-23)32-10-12-34-13-11-32)27-20-7-3-5-16-4-1-2-6-19(16)20/h1-9,14-15,33H,10-13H2,(H2,27,28,29,30,31)/b26-15+. The minimum atomic E-state index is 0.0675. The van der Waals surface area contributed by atoms with E-state index in [4.69, 9.17) is 16.3 Å². The van der Waals surface area contributed by atoms with E-state index in [0.717, 1.165) is 16.5 Å². The van der Waals surface area contributed by atoms with Crippen LogP contribution < -0.4 is 15.6 Å². The first-order valence-electron chi connectivity index (χ1n) is 10.8. The number of aromatic nitrogens is 3. The highest BCUT2D eigenvalue weighted by atomic mass is 35.5. The predicted molar refractivity (Wildman–Crippen MR) is 134 cm³/mol. The zero-order chi connectivity index (χ0) is 23.3. The topological polar surface area (TPSA) is 108 Å². The molecule has 0 aliphatic carbocycles. The molecular weight excluding hydrogens is 454 g/mol. The molecule has 0 bridgehead atoms. The SMILES string of the molecule is Oc1ccc(Cl)cc1/C=N/Nc1nc(Nc2cccc3ccccc23)nc(N2CCOCC2)n1. The lowest BCUT2D eigenvalue weighted by molar-refractivity contribution is 0.122. The third kappa shape index (κ3) is 5.00. The number of aromatic hydroxyl groups is 1. The van der Waals surface area contributed by atoms with Crippen LogP contribution in [-0.4, -0.2) is 52.6 Å². The molecule has 34 heavy (non-hydrogen) atoms. The molecule has 1 saturated heterocycles. The Labute approximate surface area is 201 Å². The van der Waals surface area contributed by atoms with Gasteiger partial charge in [-0.15, -0.1) is 0 Å². The molecule has 1 fully saturated rings. The van der Waals surface area contributed by atoms with Crippen LogP contribution in [0.1, 0.15) is 5.56 Å². The quantitative estimate of drug-likeness (QED) is 0.278. The lowest BCUT2D eigenvalue weighted by atomic mass is 10.1. The van der Waals surface area contributed by atoms with Gasteiger partial charge in [0.25, 0.3) is 0 Å². The Morgan fingerprint density at radius 1 is 0.971 bits per heavy atom. The maximum absolute atomic E-state index is 9.99. The van der Waals surface area contributed by atoms with Gasteiger partial charge in [-0.1, -0.05) is 48.0 Å². The van der Waals surface area contributed by atoms with Crippen LogP contribution >= 0.6 is 11.6 Å². The Morgan fingerprint density at radius 3 is 2.65 bits per heavy atom. The van der Waals surface area contributed by atoms with Gasteiger partial charge in [0.2, 0.25) is 17.8 Å². The number of hydrazone groups is 1. The summed E-state index contributed by atoms with van der Waals surface area (Å²) in [5.74, 6) is 1.23. The van der Waals surface area contributed by atoms with E-state index in [9.17, 15) is 5.11 Å². The summed E-state index contributed by atoms with van der Waals surface area (Å²) >= 11 is 6.01. The largest absolute Gasteiger partial charge is 0.507 e. The highest BCUT2D eigenvalue weighted by molar-refractivity contribution is 6.30. The minimum absolute atomic E-state index is 0.0675. The molecule has 10 heteroatoms. The summed E-state index contributed by atoms with van der Waals surface area (Å²) in [6, 6.07) is 18.8. The molecule has 0 radical (unpaired) electrons. The second-order valence-electron chi connectivity index (χ2n) is 7.61. The highest BCUT2D eigenvalue weighted by Crippen LogP contribution is 2.26. The molecular formula is C24H22ClN7O2. The van der Waals surface area contributed by atoms with Gasteiger partial charge in [0.1, 0.15) is 5.75 Å². The van der Waals surface area contributed by atoms with Crippen molar-refractivity contribution >= 4 is 52.1 Å². The van der Waals surface area contributed by atoms with E-state index >= 15 is 0 Å². The van der Waals surface area contributed by atoms with Crippen LogP contribution in [0.25, 0.3) is 10.8 Å². The van der Waals surface area contributed by atoms with Gasteiger partial charge in [-0.25, -0.2) is 5.43 Å². The van der Waals surface area contributed by atoms with Gasteiger partial charge < -0.3 is 20.1 Å². The van der Waals surface area contributed by atoms with Gasteiger partial charge in [-0.2, -0.15) is 20.1 Å². The molecule has 4 aromatic rings. The molecule has 0 amide bonds. The van der Waals surface area contributed by atoms with Gasteiger partial charge >= 0.3 is 0 Å². The summed E-state index contributed by atoms with van der Waals surface area (Å²) in [4.78, 5) is 15.7. The first kappa shape index (κ1) is 21.9. The number of nitrogens with one attached hydrogen (secondary N) is 2. The number of nitrogens with zero attached hydrogens (tertiary/aromatic N) is 5. The Morgan fingerprint density at radius 2 is 1.76 bits per heavy atom. The fourth-order valence-corrected chi connectivity index (χ4v) is 3.80. The summed E-state index contributed by atoms with van der Waals surface area (Å²) < 4.78 is 5.46. The van der Waals surface area contributed by atoms with E-state index in [1.807, 2.05) is 35.2 Å². The van der Waals surface area contributed by atoms with Crippen molar-refractivity contribution in [3.05, 3.63) is 71.2 Å². The average molecular weight is 476 g/mol.